The second-order valence-corrected chi connectivity index (χ2v) is 8.15. The summed E-state index contributed by atoms with van der Waals surface area (Å²) in [6.07, 6.45) is 0.335. The normalized spacial score (nSPS) is 10.7. The van der Waals surface area contributed by atoms with Gasteiger partial charge in [0.1, 0.15) is 23.9 Å². The van der Waals surface area contributed by atoms with E-state index in [1.807, 2.05) is 31.2 Å². The smallest absolute Gasteiger partial charge is 0.273 e. The summed E-state index contributed by atoms with van der Waals surface area (Å²) in [5.74, 6) is 0.503. The minimum atomic E-state index is -0.377. The van der Waals surface area contributed by atoms with Crippen molar-refractivity contribution in [3.8, 4) is 17.1 Å². The monoisotopic (exact) mass is 472 g/mol. The molecule has 3 aromatic carbocycles. The molecular formula is C27H25FN4O3. The molecule has 0 unspecified atom stereocenters. The van der Waals surface area contributed by atoms with E-state index in [-0.39, 0.29) is 35.8 Å². The number of nitrogens with one attached hydrogen (secondary N) is 2. The van der Waals surface area contributed by atoms with Gasteiger partial charge >= 0.3 is 0 Å². The van der Waals surface area contributed by atoms with Gasteiger partial charge in [0.2, 0.25) is 5.91 Å². The molecule has 35 heavy (non-hydrogen) atoms. The number of rotatable bonds is 9. The molecule has 0 fully saturated rings. The fourth-order valence-corrected chi connectivity index (χ4v) is 3.45. The quantitative estimate of drug-likeness (QED) is 0.382. The zero-order valence-corrected chi connectivity index (χ0v) is 19.3. The van der Waals surface area contributed by atoms with E-state index < -0.39 is 0 Å². The molecule has 178 valence electrons. The van der Waals surface area contributed by atoms with Crippen LogP contribution in [0, 0.1) is 12.7 Å². The number of carbonyl (C=O) groups is 1. The van der Waals surface area contributed by atoms with E-state index in [9.17, 15) is 14.0 Å². The minimum absolute atomic E-state index is 0.142. The standard InChI is InChI=1S/C27H25FN4O3/c1-18-3-2-4-20(15-18)16-29-25(33)14-13-24-27(34)30-26(32-31-24)21-7-11-23(12-8-21)35-17-19-5-9-22(28)10-6-19/h2-12,15H,13-14,16-17H2,1H3,(H,29,33)(H,30,32,34). The summed E-state index contributed by atoms with van der Waals surface area (Å²) in [4.78, 5) is 27.3. The zero-order chi connectivity index (χ0) is 24.6. The molecule has 8 heteroatoms. The lowest BCUT2D eigenvalue weighted by molar-refractivity contribution is -0.121. The van der Waals surface area contributed by atoms with Crippen molar-refractivity contribution in [1.82, 2.24) is 20.5 Å². The number of hydrogen-bond donors (Lipinski definition) is 2. The summed E-state index contributed by atoms with van der Waals surface area (Å²) in [5.41, 5.74) is 3.51. The number of nitrogens with zero attached hydrogens (tertiary/aromatic N) is 2. The number of benzene rings is 3. The molecule has 0 aliphatic carbocycles. The molecule has 0 saturated carbocycles. The minimum Gasteiger partial charge on any atom is -0.489 e. The summed E-state index contributed by atoms with van der Waals surface area (Å²) in [7, 11) is 0. The van der Waals surface area contributed by atoms with E-state index in [0.717, 1.165) is 16.7 Å². The van der Waals surface area contributed by atoms with Crippen LogP contribution in [0.25, 0.3) is 11.4 Å². The lowest BCUT2D eigenvalue weighted by Crippen LogP contribution is -2.25. The van der Waals surface area contributed by atoms with Gasteiger partial charge in [-0.2, -0.15) is 0 Å². The van der Waals surface area contributed by atoms with E-state index in [1.165, 1.54) is 12.1 Å². The van der Waals surface area contributed by atoms with Crippen molar-refractivity contribution in [2.75, 3.05) is 0 Å². The first kappa shape index (κ1) is 23.8. The van der Waals surface area contributed by atoms with Crippen molar-refractivity contribution in [1.29, 1.82) is 0 Å². The molecule has 1 aromatic heterocycles. The Hall–Kier alpha value is -4.33. The third-order valence-electron chi connectivity index (χ3n) is 5.37. The maximum Gasteiger partial charge on any atom is 0.273 e. The SMILES string of the molecule is Cc1cccc(CNC(=O)CCc2nnc(-c3ccc(OCc4ccc(F)cc4)cc3)[nH]c2=O)c1. The second kappa shape index (κ2) is 11.2. The zero-order valence-electron chi connectivity index (χ0n) is 19.3. The molecular weight excluding hydrogens is 447 g/mol. The van der Waals surface area contributed by atoms with E-state index in [0.29, 0.717) is 30.3 Å². The third-order valence-corrected chi connectivity index (χ3v) is 5.37. The molecule has 0 spiro atoms. The van der Waals surface area contributed by atoms with Gasteiger partial charge in [-0.25, -0.2) is 4.39 Å². The number of aromatic amines is 1. The molecule has 1 amide bonds. The van der Waals surface area contributed by atoms with Crippen molar-refractivity contribution in [3.05, 3.63) is 111 Å². The maximum atomic E-state index is 13.0. The lowest BCUT2D eigenvalue weighted by Gasteiger charge is -2.08. The molecule has 0 aliphatic rings. The lowest BCUT2D eigenvalue weighted by atomic mass is 10.1. The van der Waals surface area contributed by atoms with Crippen molar-refractivity contribution in [2.45, 2.75) is 32.9 Å². The number of amides is 1. The molecule has 0 bridgehead atoms. The number of aryl methyl sites for hydroxylation is 2. The van der Waals surface area contributed by atoms with Crippen molar-refractivity contribution >= 4 is 5.91 Å². The molecule has 1 heterocycles. The van der Waals surface area contributed by atoms with Crippen molar-refractivity contribution in [2.24, 2.45) is 0 Å². The van der Waals surface area contributed by atoms with Crippen LogP contribution in [0.5, 0.6) is 5.75 Å². The number of hydrogen-bond acceptors (Lipinski definition) is 5. The average molecular weight is 473 g/mol. The van der Waals surface area contributed by atoms with Crippen LogP contribution in [-0.4, -0.2) is 21.1 Å². The molecule has 0 radical (unpaired) electrons. The van der Waals surface area contributed by atoms with Crippen LogP contribution < -0.4 is 15.6 Å². The van der Waals surface area contributed by atoms with E-state index >= 15 is 0 Å². The van der Waals surface area contributed by atoms with Crippen LogP contribution in [0.3, 0.4) is 0 Å². The van der Waals surface area contributed by atoms with Gasteiger partial charge in [-0.15, -0.1) is 10.2 Å². The molecule has 0 atom stereocenters. The van der Waals surface area contributed by atoms with Crippen LogP contribution in [-0.2, 0) is 24.4 Å². The topological polar surface area (TPSA) is 97.0 Å². The fraction of sp³-hybridized carbons (Fsp3) is 0.185. The predicted octanol–water partition coefficient (Wildman–Crippen LogP) is 4.11. The Morgan fingerprint density at radius 1 is 1.00 bits per heavy atom. The summed E-state index contributed by atoms with van der Waals surface area (Å²) >= 11 is 0. The number of H-pyrrole nitrogens is 1. The highest BCUT2D eigenvalue weighted by atomic mass is 19.1. The molecule has 4 aromatic rings. The first-order chi connectivity index (χ1) is 17.0. The predicted molar refractivity (Wildman–Crippen MR) is 130 cm³/mol. The Balaban J connectivity index is 1.29. The van der Waals surface area contributed by atoms with Crippen molar-refractivity contribution < 1.29 is 13.9 Å². The fourth-order valence-electron chi connectivity index (χ4n) is 3.45. The van der Waals surface area contributed by atoms with Gasteiger partial charge in [-0.05, 0) is 54.4 Å². The summed E-state index contributed by atoms with van der Waals surface area (Å²) in [6.45, 7) is 2.74. The number of ether oxygens (including phenoxy) is 1. The highest BCUT2D eigenvalue weighted by molar-refractivity contribution is 5.76. The van der Waals surface area contributed by atoms with Gasteiger partial charge in [-0.3, -0.25) is 9.59 Å². The van der Waals surface area contributed by atoms with Crippen molar-refractivity contribution in [3.63, 3.8) is 0 Å². The Morgan fingerprint density at radius 3 is 2.49 bits per heavy atom. The largest absolute Gasteiger partial charge is 0.489 e. The van der Waals surface area contributed by atoms with Crippen LogP contribution in [0.15, 0.2) is 77.6 Å². The molecule has 2 N–H and O–H groups in total. The Kier molecular flexibility index (Phi) is 7.62. The Morgan fingerprint density at radius 2 is 1.77 bits per heavy atom. The third kappa shape index (κ3) is 6.83. The Bertz CT molecular complexity index is 1350. The van der Waals surface area contributed by atoms with E-state index in [1.54, 1.807) is 36.4 Å². The van der Waals surface area contributed by atoms with Gasteiger partial charge in [0.05, 0.1) is 0 Å². The van der Waals surface area contributed by atoms with Crippen LogP contribution in [0.1, 0.15) is 28.8 Å². The average Bonchev–Trinajstić information content (AvgIpc) is 2.87. The summed E-state index contributed by atoms with van der Waals surface area (Å²) in [6, 6.07) is 21.1. The molecule has 0 aliphatic heterocycles. The second-order valence-electron chi connectivity index (χ2n) is 8.15. The molecule has 7 nitrogen and oxygen atoms in total. The first-order valence-electron chi connectivity index (χ1n) is 11.2. The van der Waals surface area contributed by atoms with Gasteiger partial charge in [0, 0.05) is 24.9 Å². The van der Waals surface area contributed by atoms with E-state index in [2.05, 4.69) is 20.5 Å². The van der Waals surface area contributed by atoms with Gasteiger partial charge < -0.3 is 15.0 Å². The highest BCUT2D eigenvalue weighted by Crippen LogP contribution is 2.19. The maximum absolute atomic E-state index is 13.0. The van der Waals surface area contributed by atoms with Crippen LogP contribution in [0.2, 0.25) is 0 Å². The molecule has 4 rings (SSSR count). The number of halogens is 1. The van der Waals surface area contributed by atoms with Crippen LogP contribution >= 0.6 is 0 Å². The van der Waals surface area contributed by atoms with Gasteiger partial charge in [0.25, 0.3) is 5.56 Å². The summed E-state index contributed by atoms with van der Waals surface area (Å²) in [5, 5.41) is 11.0. The summed E-state index contributed by atoms with van der Waals surface area (Å²) < 4.78 is 18.7. The molecule has 0 saturated heterocycles. The first-order valence-corrected chi connectivity index (χ1v) is 11.2. The number of carbonyl (C=O) groups excluding carboxylic acids is 1. The highest BCUT2D eigenvalue weighted by Gasteiger charge is 2.10. The van der Waals surface area contributed by atoms with Gasteiger partial charge in [0.15, 0.2) is 5.82 Å². The van der Waals surface area contributed by atoms with Gasteiger partial charge in [-0.1, -0.05) is 42.0 Å². The number of aromatic nitrogens is 3. The van der Waals surface area contributed by atoms with Crippen LogP contribution in [0.4, 0.5) is 4.39 Å². The van der Waals surface area contributed by atoms with E-state index in [4.69, 9.17) is 4.74 Å². The Labute approximate surface area is 202 Å².